The molecule has 0 bridgehead atoms. The molecule has 0 saturated heterocycles. The van der Waals surface area contributed by atoms with Crippen molar-refractivity contribution in [2.24, 2.45) is 5.92 Å². The van der Waals surface area contributed by atoms with E-state index < -0.39 is 18.6 Å². The van der Waals surface area contributed by atoms with Crippen molar-refractivity contribution in [2.75, 3.05) is 6.54 Å². The number of nitrogens with zero attached hydrogens (tertiary/aromatic N) is 1. The van der Waals surface area contributed by atoms with Gasteiger partial charge in [0.15, 0.2) is 5.92 Å². The summed E-state index contributed by atoms with van der Waals surface area (Å²) in [6.07, 6.45) is -4.49. The van der Waals surface area contributed by atoms with Gasteiger partial charge in [-0.2, -0.15) is 18.4 Å². The first kappa shape index (κ1) is 15.0. The lowest BCUT2D eigenvalue weighted by molar-refractivity contribution is -0.157. The van der Waals surface area contributed by atoms with Gasteiger partial charge in [-0.25, -0.2) is 0 Å². The molecule has 0 fully saturated rings. The largest absolute Gasteiger partial charge is 0.405 e. The van der Waals surface area contributed by atoms with Crippen molar-refractivity contribution in [3.8, 4) is 6.07 Å². The van der Waals surface area contributed by atoms with Crippen LogP contribution in [0.3, 0.4) is 0 Å². The lowest BCUT2D eigenvalue weighted by Gasteiger charge is -2.18. The second-order valence-corrected chi connectivity index (χ2v) is 4.82. The average Bonchev–Trinajstić information content (AvgIpc) is 2.27. The highest BCUT2D eigenvalue weighted by Gasteiger charge is 2.39. The molecule has 0 aliphatic carbocycles. The zero-order valence-corrected chi connectivity index (χ0v) is 11.2. The highest BCUT2D eigenvalue weighted by molar-refractivity contribution is 9.10. The van der Waals surface area contributed by atoms with E-state index in [4.69, 9.17) is 5.26 Å². The molecule has 0 radical (unpaired) electrons. The second kappa shape index (κ2) is 6.21. The molecule has 1 N–H and O–H groups in total. The van der Waals surface area contributed by atoms with Gasteiger partial charge in [0, 0.05) is 17.1 Å². The minimum absolute atomic E-state index is 0.249. The maximum Gasteiger partial charge on any atom is 0.405 e. The summed E-state index contributed by atoms with van der Waals surface area (Å²) in [6, 6.07) is 8.30. The number of benzene rings is 1. The highest BCUT2D eigenvalue weighted by Crippen LogP contribution is 2.26. The van der Waals surface area contributed by atoms with Crippen molar-refractivity contribution in [1.29, 1.82) is 5.26 Å². The third-order valence-corrected chi connectivity index (χ3v) is 3.02. The zero-order chi connectivity index (χ0) is 13.8. The van der Waals surface area contributed by atoms with Crippen molar-refractivity contribution in [3.63, 3.8) is 0 Å². The molecule has 0 heterocycles. The Labute approximate surface area is 112 Å². The summed E-state index contributed by atoms with van der Waals surface area (Å²) < 4.78 is 38.0. The number of alkyl halides is 3. The average molecular weight is 321 g/mol. The molecule has 0 amide bonds. The predicted molar refractivity (Wildman–Crippen MR) is 65.7 cm³/mol. The first-order chi connectivity index (χ1) is 8.34. The van der Waals surface area contributed by atoms with E-state index in [1.807, 2.05) is 24.3 Å². The number of hydrogen-bond acceptors (Lipinski definition) is 2. The Morgan fingerprint density at radius 3 is 2.61 bits per heavy atom. The van der Waals surface area contributed by atoms with Crippen molar-refractivity contribution in [3.05, 3.63) is 34.3 Å². The Hall–Kier alpha value is -1.06. The van der Waals surface area contributed by atoms with Crippen LogP contribution in [0.4, 0.5) is 13.2 Å². The summed E-state index contributed by atoms with van der Waals surface area (Å²) in [5, 5.41) is 11.2. The Kier molecular flexibility index (Phi) is 5.17. The van der Waals surface area contributed by atoms with Crippen molar-refractivity contribution < 1.29 is 13.2 Å². The summed E-state index contributed by atoms with van der Waals surface area (Å²) in [7, 11) is 0. The first-order valence-corrected chi connectivity index (χ1v) is 6.09. The third kappa shape index (κ3) is 4.31. The lowest BCUT2D eigenvalue weighted by Crippen LogP contribution is -2.33. The molecule has 2 atom stereocenters. The van der Waals surface area contributed by atoms with E-state index in [2.05, 4.69) is 21.2 Å². The van der Waals surface area contributed by atoms with Crippen molar-refractivity contribution in [2.45, 2.75) is 19.1 Å². The summed E-state index contributed by atoms with van der Waals surface area (Å²) in [5.74, 6) is -1.98. The number of nitrogens with one attached hydrogen (secondary N) is 1. The van der Waals surface area contributed by atoms with Gasteiger partial charge in [-0.15, -0.1) is 0 Å². The van der Waals surface area contributed by atoms with Gasteiger partial charge in [0.25, 0.3) is 0 Å². The fourth-order valence-corrected chi connectivity index (χ4v) is 1.84. The van der Waals surface area contributed by atoms with Crippen LogP contribution in [0.15, 0.2) is 28.7 Å². The Morgan fingerprint density at radius 1 is 1.44 bits per heavy atom. The van der Waals surface area contributed by atoms with Crippen LogP contribution < -0.4 is 5.32 Å². The fourth-order valence-electron chi connectivity index (χ4n) is 1.42. The van der Waals surface area contributed by atoms with E-state index in [0.29, 0.717) is 0 Å². The molecule has 1 unspecified atom stereocenters. The topological polar surface area (TPSA) is 35.8 Å². The summed E-state index contributed by atoms with van der Waals surface area (Å²) in [6.45, 7) is 1.35. The highest BCUT2D eigenvalue weighted by atomic mass is 79.9. The van der Waals surface area contributed by atoms with Crippen LogP contribution in [-0.2, 0) is 0 Å². The maximum atomic E-state index is 12.4. The van der Waals surface area contributed by atoms with Gasteiger partial charge in [0.1, 0.15) is 0 Å². The minimum Gasteiger partial charge on any atom is -0.309 e. The maximum absolute atomic E-state index is 12.4. The Bertz CT molecular complexity index is 440. The zero-order valence-electron chi connectivity index (χ0n) is 9.63. The number of hydrogen-bond donors (Lipinski definition) is 1. The van der Waals surface area contributed by atoms with Crippen LogP contribution in [0.5, 0.6) is 0 Å². The third-order valence-electron chi connectivity index (χ3n) is 2.53. The van der Waals surface area contributed by atoms with Gasteiger partial charge in [0.2, 0.25) is 0 Å². The molecule has 0 spiro atoms. The first-order valence-electron chi connectivity index (χ1n) is 5.29. The molecular weight excluding hydrogens is 309 g/mol. The van der Waals surface area contributed by atoms with Crippen molar-refractivity contribution >= 4 is 15.9 Å². The normalized spacial score (nSPS) is 14.9. The molecule has 0 saturated carbocycles. The van der Waals surface area contributed by atoms with Crippen LogP contribution in [0.25, 0.3) is 0 Å². The Balaban J connectivity index is 2.61. The molecule has 1 rings (SSSR count). The minimum atomic E-state index is -4.49. The molecule has 2 nitrogen and oxygen atoms in total. The predicted octanol–water partition coefficient (Wildman–Crippen LogP) is 3.80. The fraction of sp³-hybridized carbons (Fsp3) is 0.417. The molecule has 18 heavy (non-hydrogen) atoms. The van der Waals surface area contributed by atoms with Gasteiger partial charge < -0.3 is 5.32 Å². The van der Waals surface area contributed by atoms with E-state index in [0.717, 1.165) is 10.0 Å². The summed E-state index contributed by atoms with van der Waals surface area (Å²) in [4.78, 5) is 0. The molecule has 6 heteroatoms. The van der Waals surface area contributed by atoms with Crippen molar-refractivity contribution in [1.82, 2.24) is 5.32 Å². The van der Waals surface area contributed by atoms with Crippen LogP contribution in [0, 0.1) is 17.2 Å². The number of nitriles is 1. The number of rotatable bonds is 4. The smallest absolute Gasteiger partial charge is 0.309 e. The van der Waals surface area contributed by atoms with E-state index in [9.17, 15) is 13.2 Å². The second-order valence-electron chi connectivity index (χ2n) is 3.91. The molecule has 1 aromatic rings. The molecule has 98 valence electrons. The summed E-state index contributed by atoms with van der Waals surface area (Å²) >= 11 is 3.30. The van der Waals surface area contributed by atoms with Crippen LogP contribution in [-0.4, -0.2) is 12.7 Å². The monoisotopic (exact) mass is 320 g/mol. The Morgan fingerprint density at radius 2 is 2.11 bits per heavy atom. The van der Waals surface area contributed by atoms with E-state index in [1.165, 1.54) is 6.07 Å². The van der Waals surface area contributed by atoms with Gasteiger partial charge in [-0.05, 0) is 24.6 Å². The number of halogens is 4. The molecular formula is C12H12BrF3N2. The van der Waals surface area contributed by atoms with Gasteiger partial charge >= 0.3 is 6.18 Å². The SMILES string of the molecule is C[C@@H](NCC(C#N)C(F)(F)F)c1cccc(Br)c1. The standard InChI is InChI=1S/C12H12BrF3N2/c1-8(9-3-2-4-11(13)5-9)18-7-10(6-17)12(14,15)16/h2-5,8,10,18H,7H2,1H3/t8-,10?/m1/s1. The van der Waals surface area contributed by atoms with E-state index >= 15 is 0 Å². The van der Waals surface area contributed by atoms with E-state index in [1.54, 1.807) is 6.92 Å². The summed E-state index contributed by atoms with van der Waals surface area (Å²) in [5.41, 5.74) is 0.864. The van der Waals surface area contributed by atoms with Gasteiger partial charge in [0.05, 0.1) is 6.07 Å². The van der Waals surface area contributed by atoms with Crippen LogP contribution in [0.2, 0.25) is 0 Å². The molecule has 0 aliphatic rings. The van der Waals surface area contributed by atoms with Gasteiger partial charge in [-0.1, -0.05) is 28.1 Å². The quantitative estimate of drug-likeness (QED) is 0.915. The molecule has 0 aromatic heterocycles. The molecule has 0 aliphatic heterocycles. The van der Waals surface area contributed by atoms with Crippen LogP contribution >= 0.6 is 15.9 Å². The van der Waals surface area contributed by atoms with Gasteiger partial charge in [-0.3, -0.25) is 0 Å². The van der Waals surface area contributed by atoms with E-state index in [-0.39, 0.29) is 6.04 Å². The van der Waals surface area contributed by atoms with Crippen LogP contribution in [0.1, 0.15) is 18.5 Å². The lowest BCUT2D eigenvalue weighted by atomic mass is 10.1. The molecule has 1 aromatic carbocycles.